The predicted molar refractivity (Wildman–Crippen MR) is 94.7 cm³/mol. The second-order valence-corrected chi connectivity index (χ2v) is 8.32. The molecule has 2 unspecified atom stereocenters. The van der Waals surface area contributed by atoms with Crippen LogP contribution in [-0.2, 0) is 5.41 Å². The molecule has 3 fully saturated rings. The number of nitrogens with zero attached hydrogens (tertiary/aromatic N) is 1. The molecule has 3 N–H and O–H groups in total. The molecule has 1 saturated heterocycles. The van der Waals surface area contributed by atoms with E-state index in [9.17, 15) is 15.3 Å². The quantitative estimate of drug-likeness (QED) is 0.766. The van der Waals surface area contributed by atoms with Gasteiger partial charge in [-0.2, -0.15) is 0 Å². The van der Waals surface area contributed by atoms with Gasteiger partial charge in [0.05, 0.1) is 24.9 Å². The summed E-state index contributed by atoms with van der Waals surface area (Å²) in [6, 6.07) is 7.84. The molecule has 0 bridgehead atoms. The first-order valence-electron chi connectivity index (χ1n) is 9.41. The number of benzene rings is 1. The monoisotopic (exact) mass is 347 g/mol. The van der Waals surface area contributed by atoms with Gasteiger partial charge >= 0.3 is 0 Å². The van der Waals surface area contributed by atoms with Gasteiger partial charge in [-0.25, -0.2) is 0 Å². The maximum atomic E-state index is 11.7. The zero-order valence-corrected chi connectivity index (χ0v) is 14.9. The van der Waals surface area contributed by atoms with E-state index in [4.69, 9.17) is 4.74 Å². The summed E-state index contributed by atoms with van der Waals surface area (Å²) in [7, 11) is 1.64. The first-order chi connectivity index (χ1) is 12.0. The first-order valence-corrected chi connectivity index (χ1v) is 9.41. The number of fused-ring (bicyclic) bond motifs is 1. The van der Waals surface area contributed by atoms with E-state index in [1.54, 1.807) is 7.11 Å². The van der Waals surface area contributed by atoms with Crippen LogP contribution in [0.1, 0.15) is 37.7 Å². The Kier molecular flexibility index (Phi) is 4.31. The molecule has 0 radical (unpaired) electrons. The predicted octanol–water partition coefficient (Wildman–Crippen LogP) is 1.30. The van der Waals surface area contributed by atoms with Crippen molar-refractivity contribution in [3.63, 3.8) is 0 Å². The zero-order valence-electron chi connectivity index (χ0n) is 14.9. The van der Waals surface area contributed by atoms with Crippen LogP contribution < -0.4 is 4.74 Å². The molecule has 1 heterocycles. The number of hydrogen-bond acceptors (Lipinski definition) is 5. The molecule has 1 aliphatic heterocycles. The third-order valence-corrected chi connectivity index (χ3v) is 6.61. The highest BCUT2D eigenvalue weighted by molar-refractivity contribution is 5.39. The van der Waals surface area contributed by atoms with Crippen molar-refractivity contribution < 1.29 is 20.1 Å². The Labute approximate surface area is 149 Å². The molecule has 5 nitrogen and oxygen atoms in total. The summed E-state index contributed by atoms with van der Waals surface area (Å²) in [6.07, 6.45) is 2.29. The third-order valence-electron chi connectivity index (χ3n) is 6.61. The number of hydrogen-bond donors (Lipinski definition) is 3. The van der Waals surface area contributed by atoms with E-state index in [0.717, 1.165) is 36.7 Å². The minimum Gasteiger partial charge on any atom is -0.497 e. The number of piperidine rings is 1. The highest BCUT2D eigenvalue weighted by Crippen LogP contribution is 2.52. The third kappa shape index (κ3) is 2.97. The Morgan fingerprint density at radius 1 is 1.20 bits per heavy atom. The van der Waals surface area contributed by atoms with Crippen molar-refractivity contribution in [3.05, 3.63) is 29.8 Å². The van der Waals surface area contributed by atoms with E-state index >= 15 is 0 Å². The van der Waals surface area contributed by atoms with Gasteiger partial charge in [0.15, 0.2) is 0 Å². The highest BCUT2D eigenvalue weighted by Gasteiger charge is 2.59. The van der Waals surface area contributed by atoms with Gasteiger partial charge < -0.3 is 25.0 Å². The molecular formula is C20H29NO4. The number of ether oxygens (including phenoxy) is 1. The summed E-state index contributed by atoms with van der Waals surface area (Å²) >= 11 is 0. The fourth-order valence-corrected chi connectivity index (χ4v) is 4.98. The molecule has 5 heteroatoms. The fourth-order valence-electron chi connectivity index (χ4n) is 4.98. The van der Waals surface area contributed by atoms with Crippen LogP contribution in [0.15, 0.2) is 24.3 Å². The van der Waals surface area contributed by atoms with E-state index in [2.05, 4.69) is 4.90 Å². The molecule has 2 aliphatic carbocycles. The lowest BCUT2D eigenvalue weighted by molar-refractivity contribution is -0.178. The van der Waals surface area contributed by atoms with Gasteiger partial charge in [-0.3, -0.25) is 0 Å². The molecule has 2 saturated carbocycles. The van der Waals surface area contributed by atoms with Crippen LogP contribution in [0, 0.1) is 5.92 Å². The minimum absolute atomic E-state index is 0.215. The van der Waals surface area contributed by atoms with Crippen molar-refractivity contribution >= 4 is 0 Å². The lowest BCUT2D eigenvalue weighted by atomic mass is 9.55. The average Bonchev–Trinajstić information content (AvgIpc) is 3.40. The smallest absolute Gasteiger partial charge is 0.119 e. The van der Waals surface area contributed by atoms with Crippen molar-refractivity contribution in [1.29, 1.82) is 0 Å². The van der Waals surface area contributed by atoms with Crippen LogP contribution >= 0.6 is 0 Å². The van der Waals surface area contributed by atoms with Crippen molar-refractivity contribution in [1.82, 2.24) is 4.90 Å². The number of methoxy groups -OCH3 is 1. The summed E-state index contributed by atoms with van der Waals surface area (Å²) in [4.78, 5) is 2.35. The number of rotatable bonds is 4. The van der Waals surface area contributed by atoms with Gasteiger partial charge in [0.25, 0.3) is 0 Å². The SMILES string of the molecule is COc1cccc([C@]23CCN(CC4CC4)C[C@]2(O)CC(O)C(O)C3)c1. The molecule has 4 rings (SSSR count). The van der Waals surface area contributed by atoms with Crippen molar-refractivity contribution in [2.45, 2.75) is 55.3 Å². The van der Waals surface area contributed by atoms with Crippen LogP contribution in [0.2, 0.25) is 0 Å². The Morgan fingerprint density at radius 2 is 1.96 bits per heavy atom. The van der Waals surface area contributed by atoms with Crippen molar-refractivity contribution in [3.8, 4) is 5.75 Å². The highest BCUT2D eigenvalue weighted by atomic mass is 16.5. The standard InChI is InChI=1S/C20H29NO4/c1-25-16-4-2-3-15(9-16)19-7-8-21(12-14-5-6-14)13-20(19,24)11-18(23)17(22)10-19/h2-4,9,14,17-18,22-24H,5-8,10-13H2,1H3/t17?,18?,19-,20-/m1/s1. The lowest BCUT2D eigenvalue weighted by Crippen LogP contribution is -2.68. The summed E-state index contributed by atoms with van der Waals surface area (Å²) in [5, 5.41) is 32.4. The number of likely N-dealkylation sites (tertiary alicyclic amines) is 1. The lowest BCUT2D eigenvalue weighted by Gasteiger charge is -2.58. The van der Waals surface area contributed by atoms with Gasteiger partial charge in [-0.1, -0.05) is 12.1 Å². The summed E-state index contributed by atoms with van der Waals surface area (Å²) < 4.78 is 5.38. The van der Waals surface area contributed by atoms with Gasteiger partial charge in [0.2, 0.25) is 0 Å². The molecule has 3 aliphatic rings. The van der Waals surface area contributed by atoms with Crippen molar-refractivity contribution in [2.24, 2.45) is 5.92 Å². The minimum atomic E-state index is -1.04. The molecule has 1 aromatic rings. The molecule has 138 valence electrons. The van der Waals surface area contributed by atoms with Crippen LogP contribution in [0.5, 0.6) is 5.75 Å². The second kappa shape index (κ2) is 6.23. The molecule has 0 amide bonds. The van der Waals surface area contributed by atoms with Gasteiger partial charge in [-0.05, 0) is 55.8 Å². The summed E-state index contributed by atoms with van der Waals surface area (Å²) in [5.41, 5.74) is -0.572. The maximum Gasteiger partial charge on any atom is 0.119 e. The number of aliphatic hydroxyl groups excluding tert-OH is 2. The average molecular weight is 347 g/mol. The largest absolute Gasteiger partial charge is 0.497 e. The zero-order chi connectivity index (χ0) is 17.7. The Balaban J connectivity index is 1.70. The van der Waals surface area contributed by atoms with E-state index in [-0.39, 0.29) is 6.42 Å². The molecule has 1 aromatic carbocycles. The Morgan fingerprint density at radius 3 is 2.68 bits per heavy atom. The van der Waals surface area contributed by atoms with E-state index in [1.807, 2.05) is 24.3 Å². The van der Waals surface area contributed by atoms with Gasteiger partial charge in [0, 0.05) is 24.9 Å². The molecule has 4 atom stereocenters. The van der Waals surface area contributed by atoms with Crippen LogP contribution in [0.25, 0.3) is 0 Å². The number of aliphatic hydroxyl groups is 3. The summed E-state index contributed by atoms with van der Waals surface area (Å²) in [6.45, 7) is 2.51. The van der Waals surface area contributed by atoms with Crippen molar-refractivity contribution in [2.75, 3.05) is 26.7 Å². The van der Waals surface area contributed by atoms with Crippen LogP contribution in [-0.4, -0.2) is 64.8 Å². The second-order valence-electron chi connectivity index (χ2n) is 8.32. The first kappa shape index (κ1) is 17.3. The van der Waals surface area contributed by atoms with Gasteiger partial charge in [0.1, 0.15) is 5.75 Å². The van der Waals surface area contributed by atoms with Crippen LogP contribution in [0.4, 0.5) is 0 Å². The molecular weight excluding hydrogens is 318 g/mol. The topological polar surface area (TPSA) is 73.2 Å². The Bertz CT molecular complexity index is 634. The van der Waals surface area contributed by atoms with Crippen LogP contribution in [0.3, 0.4) is 0 Å². The maximum absolute atomic E-state index is 11.7. The fraction of sp³-hybridized carbons (Fsp3) is 0.700. The van der Waals surface area contributed by atoms with Gasteiger partial charge in [-0.15, -0.1) is 0 Å². The molecule has 0 spiro atoms. The normalized spacial score (nSPS) is 39.0. The van der Waals surface area contributed by atoms with E-state index in [0.29, 0.717) is 13.0 Å². The Hall–Kier alpha value is -1.14. The van der Waals surface area contributed by atoms with E-state index in [1.165, 1.54) is 12.8 Å². The van der Waals surface area contributed by atoms with E-state index < -0.39 is 23.2 Å². The molecule has 0 aromatic heterocycles. The summed E-state index contributed by atoms with van der Waals surface area (Å²) in [5.74, 6) is 1.53. The molecule has 25 heavy (non-hydrogen) atoms. The number of β-amino-alcohol motifs (C(OH)–C–C–N with tert-alkyl or cyclic N) is 1.